The van der Waals surface area contributed by atoms with E-state index >= 15 is 0 Å². The van der Waals surface area contributed by atoms with Gasteiger partial charge in [0.2, 0.25) is 0 Å². The predicted molar refractivity (Wildman–Crippen MR) is 122 cm³/mol. The predicted octanol–water partition coefficient (Wildman–Crippen LogP) is 6.92. The minimum absolute atomic E-state index is 0.0542. The molecular weight excluding hydrogens is 504 g/mol. The summed E-state index contributed by atoms with van der Waals surface area (Å²) in [6, 6.07) is 9.65. The Morgan fingerprint density at radius 3 is 1.92 bits per heavy atom. The fourth-order valence-electron chi connectivity index (χ4n) is 4.23. The second-order valence-corrected chi connectivity index (χ2v) is 9.97. The Bertz CT molecular complexity index is 1090. The largest absolute Gasteiger partial charge is 0.459 e. The Hall–Kier alpha value is -3.24. The molecule has 5 nitrogen and oxygen atoms in total. The lowest BCUT2D eigenvalue weighted by Crippen LogP contribution is -2.36. The first kappa shape index (κ1) is 28.3. The topological polar surface area (TPSA) is 55.8 Å². The van der Waals surface area contributed by atoms with Gasteiger partial charge >= 0.3 is 24.4 Å². The molecule has 0 N–H and O–H groups in total. The normalized spacial score (nSPS) is 19.5. The Morgan fingerprint density at radius 2 is 1.43 bits per heavy atom. The van der Waals surface area contributed by atoms with Crippen LogP contribution in [0.2, 0.25) is 0 Å². The van der Waals surface area contributed by atoms with Gasteiger partial charge in [0, 0.05) is 24.9 Å². The van der Waals surface area contributed by atoms with Gasteiger partial charge in [0.15, 0.2) is 0 Å². The number of nitrogens with zero attached hydrogens (tertiary/aromatic N) is 1. The number of amides is 1. The van der Waals surface area contributed by atoms with Crippen LogP contribution in [0.1, 0.15) is 60.7 Å². The average molecular weight is 531 g/mol. The number of likely N-dealkylation sites (tertiary alicyclic amines) is 1. The lowest BCUT2D eigenvalue weighted by molar-refractivity contribution is -0.143. The highest BCUT2D eigenvalue weighted by molar-refractivity contribution is 5.90. The maximum absolute atomic E-state index is 13.2. The van der Waals surface area contributed by atoms with Crippen LogP contribution in [0, 0.1) is 5.92 Å². The van der Waals surface area contributed by atoms with E-state index in [-0.39, 0.29) is 25.1 Å². The third kappa shape index (κ3) is 7.17. The molecule has 1 saturated heterocycles. The molecule has 1 aliphatic heterocycles. The molecule has 0 aliphatic carbocycles. The molecule has 0 bridgehead atoms. The molecule has 1 fully saturated rings. The zero-order chi connectivity index (χ0) is 27.8. The van der Waals surface area contributed by atoms with Crippen LogP contribution < -0.4 is 0 Å². The fraction of sp³-hybridized carbons (Fsp3) is 0.462. The van der Waals surface area contributed by atoms with Gasteiger partial charge in [-0.1, -0.05) is 30.3 Å². The number of carbonyl (C=O) groups excluding carboxylic acids is 2. The van der Waals surface area contributed by atoms with Crippen molar-refractivity contribution in [1.29, 1.82) is 0 Å². The molecule has 1 unspecified atom stereocenters. The van der Waals surface area contributed by atoms with E-state index < -0.39 is 58.7 Å². The molecule has 1 heterocycles. The molecule has 37 heavy (non-hydrogen) atoms. The van der Waals surface area contributed by atoms with Crippen LogP contribution in [0.4, 0.5) is 31.1 Å². The van der Waals surface area contributed by atoms with Gasteiger partial charge in [0.1, 0.15) is 11.7 Å². The lowest BCUT2D eigenvalue weighted by Gasteiger charge is -2.26. The summed E-state index contributed by atoms with van der Waals surface area (Å²) < 4.78 is 90.1. The number of halogens is 6. The van der Waals surface area contributed by atoms with Crippen LogP contribution in [0.3, 0.4) is 0 Å². The number of hydrogen-bond donors (Lipinski definition) is 0. The Kier molecular flexibility index (Phi) is 7.85. The maximum Gasteiger partial charge on any atom is 0.416 e. The van der Waals surface area contributed by atoms with Crippen molar-refractivity contribution in [3.05, 3.63) is 70.8 Å². The summed E-state index contributed by atoms with van der Waals surface area (Å²) in [4.78, 5) is 26.9. The van der Waals surface area contributed by atoms with Gasteiger partial charge in [0.25, 0.3) is 0 Å². The van der Waals surface area contributed by atoms with Crippen LogP contribution in [-0.4, -0.2) is 41.8 Å². The second-order valence-electron chi connectivity index (χ2n) is 9.97. The van der Waals surface area contributed by atoms with Gasteiger partial charge in [-0.2, -0.15) is 26.3 Å². The highest BCUT2D eigenvalue weighted by Crippen LogP contribution is 2.38. The van der Waals surface area contributed by atoms with Gasteiger partial charge in [0.05, 0.1) is 16.7 Å². The van der Waals surface area contributed by atoms with Gasteiger partial charge in [-0.05, 0) is 51.5 Å². The molecule has 0 spiro atoms. The van der Waals surface area contributed by atoms with Crippen molar-refractivity contribution < 1.29 is 45.4 Å². The molecule has 3 rings (SSSR count). The van der Waals surface area contributed by atoms with Crippen LogP contribution in [0.15, 0.2) is 48.5 Å². The SMILES string of the molecule is CC(OC(=O)c1cc(C(F)(F)F)cc(C(F)(F)F)c1)[C@@H]1CN(C(=O)OC(C)(C)C)C[C@H]1c1ccccc1. The van der Waals surface area contributed by atoms with E-state index in [2.05, 4.69) is 0 Å². The van der Waals surface area contributed by atoms with E-state index in [1.54, 1.807) is 39.0 Å². The summed E-state index contributed by atoms with van der Waals surface area (Å²) in [5.41, 5.74) is -4.01. The quantitative estimate of drug-likeness (QED) is 0.318. The zero-order valence-electron chi connectivity index (χ0n) is 20.6. The number of esters is 1. The highest BCUT2D eigenvalue weighted by Gasteiger charge is 2.42. The molecule has 0 saturated carbocycles. The van der Waals surface area contributed by atoms with Crippen molar-refractivity contribution in [2.75, 3.05) is 13.1 Å². The number of ether oxygens (including phenoxy) is 2. The minimum Gasteiger partial charge on any atom is -0.459 e. The number of hydrogen-bond acceptors (Lipinski definition) is 4. The van der Waals surface area contributed by atoms with E-state index in [1.165, 1.54) is 11.8 Å². The zero-order valence-corrected chi connectivity index (χ0v) is 20.6. The molecular formula is C26H27F6NO4. The smallest absolute Gasteiger partial charge is 0.416 e. The number of carbonyl (C=O) groups is 2. The first-order chi connectivity index (χ1) is 17.0. The molecule has 202 valence electrons. The standard InChI is InChI=1S/C26H27F6NO4/c1-15(36-22(34)17-10-18(25(27,28)29)12-19(11-17)26(30,31)32)20-13-33(23(35)37-24(2,3)4)14-21(20)16-8-6-5-7-9-16/h5-12,15,20-21H,13-14H2,1-4H3/t15?,20-,21-/m0/s1. The van der Waals surface area contributed by atoms with Gasteiger partial charge < -0.3 is 14.4 Å². The highest BCUT2D eigenvalue weighted by atomic mass is 19.4. The summed E-state index contributed by atoms with van der Waals surface area (Å²) in [5, 5.41) is 0. The van der Waals surface area contributed by atoms with Crippen molar-refractivity contribution in [3.63, 3.8) is 0 Å². The van der Waals surface area contributed by atoms with Crippen molar-refractivity contribution >= 4 is 12.1 Å². The Balaban J connectivity index is 1.88. The fourth-order valence-corrected chi connectivity index (χ4v) is 4.23. The molecule has 0 radical (unpaired) electrons. The third-order valence-electron chi connectivity index (χ3n) is 5.96. The average Bonchev–Trinajstić information content (AvgIpc) is 3.23. The van der Waals surface area contributed by atoms with E-state index in [9.17, 15) is 35.9 Å². The molecule has 2 aromatic carbocycles. The third-order valence-corrected chi connectivity index (χ3v) is 5.96. The monoisotopic (exact) mass is 531 g/mol. The molecule has 3 atom stereocenters. The van der Waals surface area contributed by atoms with Crippen LogP contribution in [0.5, 0.6) is 0 Å². The van der Waals surface area contributed by atoms with Crippen molar-refractivity contribution in [1.82, 2.24) is 4.90 Å². The Labute approximate surface area is 210 Å². The summed E-state index contributed by atoms with van der Waals surface area (Å²) >= 11 is 0. The van der Waals surface area contributed by atoms with Crippen molar-refractivity contribution in [3.8, 4) is 0 Å². The van der Waals surface area contributed by atoms with Gasteiger partial charge in [-0.25, -0.2) is 9.59 Å². The summed E-state index contributed by atoms with van der Waals surface area (Å²) in [6.45, 7) is 6.97. The van der Waals surface area contributed by atoms with Crippen LogP contribution >= 0.6 is 0 Å². The number of rotatable bonds is 4. The van der Waals surface area contributed by atoms with Gasteiger partial charge in [-0.15, -0.1) is 0 Å². The van der Waals surface area contributed by atoms with Crippen LogP contribution in [0.25, 0.3) is 0 Å². The van der Waals surface area contributed by atoms with Crippen molar-refractivity contribution in [2.45, 2.75) is 57.7 Å². The summed E-state index contributed by atoms with van der Waals surface area (Å²) in [5.74, 6) is -2.14. The summed E-state index contributed by atoms with van der Waals surface area (Å²) in [6.07, 6.45) is -11.7. The first-order valence-corrected chi connectivity index (χ1v) is 11.5. The van der Waals surface area contributed by atoms with Gasteiger partial charge in [-0.3, -0.25) is 0 Å². The molecule has 11 heteroatoms. The van der Waals surface area contributed by atoms with Crippen molar-refractivity contribution in [2.24, 2.45) is 5.92 Å². The second kappa shape index (κ2) is 10.3. The molecule has 1 aliphatic rings. The van der Waals surface area contributed by atoms with E-state index in [0.29, 0.717) is 12.1 Å². The molecule has 1 amide bonds. The van der Waals surface area contributed by atoms with E-state index in [4.69, 9.17) is 9.47 Å². The minimum atomic E-state index is -5.10. The maximum atomic E-state index is 13.2. The van der Waals surface area contributed by atoms with Crippen LogP contribution in [-0.2, 0) is 21.8 Å². The summed E-state index contributed by atoms with van der Waals surface area (Å²) in [7, 11) is 0. The number of alkyl halides is 6. The molecule has 2 aromatic rings. The number of benzene rings is 2. The first-order valence-electron chi connectivity index (χ1n) is 11.5. The lowest BCUT2D eigenvalue weighted by atomic mass is 9.86. The molecule has 0 aromatic heterocycles. The Morgan fingerprint density at radius 1 is 0.892 bits per heavy atom. The van der Waals surface area contributed by atoms with E-state index in [1.807, 2.05) is 12.1 Å². The van der Waals surface area contributed by atoms with E-state index in [0.717, 1.165) is 5.56 Å².